The van der Waals surface area contributed by atoms with Gasteiger partial charge in [-0.15, -0.1) is 11.3 Å². The lowest BCUT2D eigenvalue weighted by atomic mass is 10.0. The number of rotatable bonds is 9. The normalized spacial score (nSPS) is 15.6. The highest BCUT2D eigenvalue weighted by molar-refractivity contribution is 7.18. The molecule has 4 aromatic rings. The number of anilines is 1. The molecule has 3 aromatic heterocycles. The average molecular weight is 598 g/mol. The maximum atomic E-state index is 12.9. The second-order valence-electron chi connectivity index (χ2n) is 12.0. The van der Waals surface area contributed by atoms with E-state index in [-0.39, 0.29) is 16.5 Å². The number of aryl methyl sites for hydroxylation is 1. The van der Waals surface area contributed by atoms with Gasteiger partial charge in [-0.05, 0) is 76.5 Å². The van der Waals surface area contributed by atoms with Crippen molar-refractivity contribution >= 4 is 38.3 Å². The van der Waals surface area contributed by atoms with Gasteiger partial charge in [-0.3, -0.25) is 9.80 Å². The third-order valence-electron chi connectivity index (χ3n) is 8.71. The van der Waals surface area contributed by atoms with Gasteiger partial charge in [0.05, 0.1) is 11.8 Å². The van der Waals surface area contributed by atoms with Crippen molar-refractivity contribution in [2.24, 2.45) is 0 Å². The minimum atomic E-state index is -4.25. The van der Waals surface area contributed by atoms with Gasteiger partial charge in [-0.2, -0.15) is 18.4 Å². The maximum Gasteiger partial charge on any atom is 0.393 e. The van der Waals surface area contributed by atoms with Crippen LogP contribution in [0.4, 0.5) is 19.0 Å². The Morgan fingerprint density at radius 3 is 2.55 bits per heavy atom. The summed E-state index contributed by atoms with van der Waals surface area (Å²) in [6.07, 6.45) is -1.97. The van der Waals surface area contributed by atoms with Crippen molar-refractivity contribution < 1.29 is 13.2 Å². The number of hydrogen-bond donors (Lipinski definition) is 1. The summed E-state index contributed by atoms with van der Waals surface area (Å²) in [6, 6.07) is 10.5. The lowest BCUT2D eigenvalue weighted by molar-refractivity contribution is -0.126. The number of fused-ring (bicyclic) bond motifs is 2. The number of aromatic nitrogens is 3. The minimum absolute atomic E-state index is 0.0937. The molecule has 11 heteroatoms. The van der Waals surface area contributed by atoms with Crippen LogP contribution < -0.4 is 5.32 Å². The Morgan fingerprint density at radius 1 is 1.14 bits per heavy atom. The second-order valence-corrected chi connectivity index (χ2v) is 13.1. The van der Waals surface area contributed by atoms with E-state index < -0.39 is 12.6 Å². The lowest BCUT2D eigenvalue weighted by Gasteiger charge is -2.35. The first-order valence-electron chi connectivity index (χ1n) is 14.4. The Morgan fingerprint density at radius 2 is 1.88 bits per heavy atom. The summed E-state index contributed by atoms with van der Waals surface area (Å²) in [5, 5.41) is 15.2. The molecule has 0 saturated carbocycles. The van der Waals surface area contributed by atoms with Gasteiger partial charge in [0.25, 0.3) is 0 Å². The summed E-state index contributed by atoms with van der Waals surface area (Å²) >= 11 is 1.07. The van der Waals surface area contributed by atoms with E-state index >= 15 is 0 Å². The van der Waals surface area contributed by atoms with Gasteiger partial charge in [0, 0.05) is 53.5 Å². The number of nitrogens with zero attached hydrogens (tertiary/aromatic N) is 6. The summed E-state index contributed by atoms with van der Waals surface area (Å²) < 4.78 is 40.9. The third kappa shape index (κ3) is 6.41. The zero-order valence-electron chi connectivity index (χ0n) is 24.8. The molecule has 42 heavy (non-hydrogen) atoms. The first-order valence-corrected chi connectivity index (χ1v) is 15.2. The van der Waals surface area contributed by atoms with Gasteiger partial charge in [-0.1, -0.05) is 13.0 Å². The number of thiophene rings is 1. The maximum absolute atomic E-state index is 12.9. The quantitative estimate of drug-likeness (QED) is 0.231. The van der Waals surface area contributed by atoms with Crippen LogP contribution >= 0.6 is 11.3 Å². The van der Waals surface area contributed by atoms with E-state index in [9.17, 15) is 18.4 Å². The molecular weight excluding hydrogens is 559 g/mol. The summed E-state index contributed by atoms with van der Waals surface area (Å²) in [7, 11) is 2.12. The molecule has 0 radical (unpaired) electrons. The van der Waals surface area contributed by atoms with Crippen molar-refractivity contribution in [3.8, 4) is 6.07 Å². The molecule has 1 N–H and O–H groups in total. The highest BCUT2D eigenvalue weighted by Gasteiger charge is 2.30. The Labute approximate surface area is 249 Å². The van der Waals surface area contributed by atoms with Crippen molar-refractivity contribution in [3.63, 3.8) is 0 Å². The molecule has 0 amide bonds. The third-order valence-corrected chi connectivity index (χ3v) is 9.75. The molecule has 0 unspecified atom stereocenters. The summed E-state index contributed by atoms with van der Waals surface area (Å²) in [5.41, 5.74) is 4.15. The van der Waals surface area contributed by atoms with Crippen LogP contribution in [-0.4, -0.2) is 68.8 Å². The molecule has 7 nitrogen and oxygen atoms in total. The highest BCUT2D eigenvalue weighted by Crippen LogP contribution is 2.34. The summed E-state index contributed by atoms with van der Waals surface area (Å²) in [6.45, 7) is 13.0. The van der Waals surface area contributed by atoms with Gasteiger partial charge < -0.3 is 9.88 Å². The second kappa shape index (κ2) is 11.8. The van der Waals surface area contributed by atoms with E-state index in [1.165, 1.54) is 17.5 Å². The van der Waals surface area contributed by atoms with Gasteiger partial charge in [0.1, 0.15) is 28.7 Å². The number of alkyl halides is 3. The largest absolute Gasteiger partial charge is 0.393 e. The number of likely N-dealkylation sites (N-methyl/N-ethyl adjacent to an activating group) is 1. The van der Waals surface area contributed by atoms with Crippen molar-refractivity contribution in [2.45, 2.75) is 77.8 Å². The molecule has 4 heterocycles. The van der Waals surface area contributed by atoms with Crippen LogP contribution in [0.15, 0.2) is 30.6 Å². The van der Waals surface area contributed by atoms with Crippen molar-refractivity contribution in [2.75, 3.05) is 32.0 Å². The molecule has 224 valence electrons. The molecule has 0 bridgehead atoms. The fraction of sp³-hybridized carbons (Fsp3) is 0.516. The van der Waals surface area contributed by atoms with Gasteiger partial charge in [0.15, 0.2) is 0 Å². The Kier molecular flexibility index (Phi) is 8.52. The van der Waals surface area contributed by atoms with Crippen LogP contribution in [0, 0.1) is 18.3 Å². The van der Waals surface area contributed by atoms with Crippen molar-refractivity contribution in [1.82, 2.24) is 24.3 Å². The molecule has 1 aliphatic rings. The van der Waals surface area contributed by atoms with Crippen LogP contribution in [0.5, 0.6) is 0 Å². The molecule has 0 spiro atoms. The van der Waals surface area contributed by atoms with E-state index in [1.54, 1.807) is 6.07 Å². The van der Waals surface area contributed by atoms with Crippen LogP contribution in [0.2, 0.25) is 0 Å². The first kappa shape index (κ1) is 30.3. The number of benzene rings is 1. The fourth-order valence-electron chi connectivity index (χ4n) is 5.87. The highest BCUT2D eigenvalue weighted by atomic mass is 32.1. The fourth-order valence-corrected chi connectivity index (χ4v) is 6.89. The van der Waals surface area contributed by atoms with Gasteiger partial charge in [0.2, 0.25) is 0 Å². The standard InChI is InChI=1S/C31H38F3N7S/c1-6-39(5)30(3,4)18-41-23(16-35)13-25-20(2)21(7-8-27(25)41)17-40-11-9-22(10-12-40)38-28-26-14-24(15-31(32,33)34)42-29(26)37-19-36-28/h7-8,13-14,19,22H,6,9-12,15,17-18H2,1-5H3,(H,36,37,38). The van der Waals surface area contributed by atoms with Crippen LogP contribution in [0.3, 0.4) is 0 Å². The Hall–Kier alpha value is -3.20. The molecule has 1 saturated heterocycles. The smallest absolute Gasteiger partial charge is 0.367 e. The lowest BCUT2D eigenvalue weighted by Crippen LogP contribution is -2.44. The molecule has 1 fully saturated rings. The summed E-state index contributed by atoms with van der Waals surface area (Å²) in [4.78, 5) is 14.1. The minimum Gasteiger partial charge on any atom is -0.367 e. The molecular formula is C31H38F3N7S. The number of halogens is 3. The number of nitriles is 1. The predicted molar refractivity (Wildman–Crippen MR) is 163 cm³/mol. The van der Waals surface area contributed by atoms with Crippen LogP contribution in [0.1, 0.15) is 55.3 Å². The average Bonchev–Trinajstić information content (AvgIpc) is 3.50. The molecule has 1 aromatic carbocycles. The van der Waals surface area contributed by atoms with Crippen LogP contribution in [-0.2, 0) is 19.5 Å². The number of piperidine rings is 1. The summed E-state index contributed by atoms with van der Waals surface area (Å²) in [5.74, 6) is 0.607. The molecule has 1 aliphatic heterocycles. The van der Waals surface area contributed by atoms with E-state index in [0.29, 0.717) is 21.7 Å². The van der Waals surface area contributed by atoms with Crippen molar-refractivity contribution in [1.29, 1.82) is 5.26 Å². The van der Waals surface area contributed by atoms with Crippen molar-refractivity contribution in [3.05, 3.63) is 52.3 Å². The SMILES string of the molecule is CCN(C)C(C)(C)Cn1c(C#N)cc2c(C)c(CN3CCC(Nc4ncnc5sc(CC(F)(F)F)cc45)CC3)ccc21. The van der Waals surface area contributed by atoms with E-state index in [4.69, 9.17) is 0 Å². The number of nitrogens with one attached hydrogen (secondary N) is 1. The molecule has 0 aliphatic carbocycles. The molecule has 0 atom stereocenters. The van der Waals surface area contributed by atoms with Crippen LogP contribution in [0.25, 0.3) is 21.1 Å². The van der Waals surface area contributed by atoms with Gasteiger partial charge in [-0.25, -0.2) is 9.97 Å². The monoisotopic (exact) mass is 597 g/mol. The Balaban J connectivity index is 1.25. The van der Waals surface area contributed by atoms with E-state index in [2.05, 4.69) is 82.6 Å². The molecule has 5 rings (SSSR count). The Bertz CT molecular complexity index is 1610. The number of hydrogen-bond acceptors (Lipinski definition) is 7. The zero-order valence-corrected chi connectivity index (χ0v) is 25.7. The zero-order chi connectivity index (χ0) is 30.2. The van der Waals surface area contributed by atoms with E-state index in [1.807, 2.05) is 6.07 Å². The topological polar surface area (TPSA) is 73.0 Å². The predicted octanol–water partition coefficient (Wildman–Crippen LogP) is 6.74. The van der Waals surface area contributed by atoms with E-state index in [0.717, 1.165) is 67.8 Å². The first-order chi connectivity index (χ1) is 19.9. The number of likely N-dealkylation sites (tertiary alicyclic amines) is 1. The van der Waals surface area contributed by atoms with Gasteiger partial charge >= 0.3 is 6.18 Å².